The van der Waals surface area contributed by atoms with Crippen molar-refractivity contribution < 1.29 is 9.84 Å². The zero-order valence-corrected chi connectivity index (χ0v) is 11.8. The minimum absolute atomic E-state index is 0.0294. The number of hydrogen-bond donors (Lipinski definition) is 1. The molecule has 4 heteroatoms. The first-order valence-corrected chi connectivity index (χ1v) is 6.66. The molecule has 0 radical (unpaired) electrons. The van der Waals surface area contributed by atoms with Crippen molar-refractivity contribution in [3.8, 4) is 11.4 Å². The summed E-state index contributed by atoms with van der Waals surface area (Å²) in [7, 11) is 1.64. The van der Waals surface area contributed by atoms with E-state index in [1.165, 1.54) is 0 Å². The van der Waals surface area contributed by atoms with Crippen LogP contribution in [0.25, 0.3) is 16.6 Å². The normalized spacial score (nSPS) is 10.9. The Morgan fingerprint density at radius 3 is 2.50 bits per heavy atom. The van der Waals surface area contributed by atoms with Crippen LogP contribution in [0.5, 0.6) is 5.75 Å². The smallest absolute Gasteiger partial charge is 0.119 e. The van der Waals surface area contributed by atoms with Gasteiger partial charge in [0.2, 0.25) is 0 Å². The lowest BCUT2D eigenvalue weighted by molar-refractivity contribution is 0.275. The Morgan fingerprint density at radius 2 is 1.85 bits per heavy atom. The number of aliphatic hydroxyl groups excluding tert-OH is 1. The van der Waals surface area contributed by atoms with E-state index in [2.05, 4.69) is 0 Å². The average molecular weight is 288 g/mol. The predicted octanol–water partition coefficient (Wildman–Crippen LogP) is 3.78. The van der Waals surface area contributed by atoms with Gasteiger partial charge in [0.25, 0.3) is 0 Å². The fraction of sp³-hybridized carbons (Fsp3) is 0.125. The van der Waals surface area contributed by atoms with Crippen molar-refractivity contribution in [2.24, 2.45) is 0 Å². The Labute approximate surface area is 122 Å². The molecule has 0 atom stereocenters. The number of aromatic nitrogens is 1. The maximum absolute atomic E-state index is 9.57. The number of fused-ring (bicyclic) bond motifs is 1. The molecule has 0 saturated carbocycles. The largest absolute Gasteiger partial charge is 0.497 e. The molecule has 3 rings (SSSR count). The van der Waals surface area contributed by atoms with Crippen molar-refractivity contribution in [3.63, 3.8) is 0 Å². The number of aliphatic hydroxyl groups is 1. The SMILES string of the molecule is COc1ccc(-n2c(CO)cc3ccc(Cl)cc32)cc1. The molecular formula is C16H14ClNO2. The molecule has 0 spiro atoms. The molecule has 0 aliphatic carbocycles. The molecule has 3 aromatic rings. The van der Waals surface area contributed by atoms with Crippen LogP contribution in [0.3, 0.4) is 0 Å². The molecule has 0 saturated heterocycles. The van der Waals surface area contributed by atoms with Gasteiger partial charge in [-0.2, -0.15) is 0 Å². The lowest BCUT2D eigenvalue weighted by Gasteiger charge is -2.10. The van der Waals surface area contributed by atoms with Gasteiger partial charge in [-0.3, -0.25) is 0 Å². The molecule has 0 bridgehead atoms. The molecule has 0 aliphatic rings. The quantitative estimate of drug-likeness (QED) is 0.795. The zero-order valence-electron chi connectivity index (χ0n) is 11.0. The molecule has 1 aromatic heterocycles. The van der Waals surface area contributed by atoms with Crippen molar-refractivity contribution in [1.82, 2.24) is 4.57 Å². The van der Waals surface area contributed by atoms with E-state index in [-0.39, 0.29) is 6.61 Å². The van der Waals surface area contributed by atoms with Gasteiger partial charge < -0.3 is 14.4 Å². The maximum atomic E-state index is 9.57. The van der Waals surface area contributed by atoms with Crippen LogP contribution < -0.4 is 4.74 Å². The predicted molar refractivity (Wildman–Crippen MR) is 80.8 cm³/mol. The first-order chi connectivity index (χ1) is 9.72. The number of hydrogen-bond acceptors (Lipinski definition) is 2. The van der Waals surface area contributed by atoms with Gasteiger partial charge in [-0.25, -0.2) is 0 Å². The fourth-order valence-electron chi connectivity index (χ4n) is 2.38. The van der Waals surface area contributed by atoms with Gasteiger partial charge in [0.1, 0.15) is 5.75 Å². The van der Waals surface area contributed by atoms with Gasteiger partial charge in [0.05, 0.1) is 19.2 Å². The Bertz CT molecular complexity index is 747. The van der Waals surface area contributed by atoms with Crippen molar-refractivity contribution in [3.05, 3.63) is 59.2 Å². The molecule has 0 fully saturated rings. The van der Waals surface area contributed by atoms with Crippen molar-refractivity contribution in [2.75, 3.05) is 7.11 Å². The second kappa shape index (κ2) is 5.19. The third kappa shape index (κ3) is 2.15. The zero-order chi connectivity index (χ0) is 14.1. The molecule has 102 valence electrons. The van der Waals surface area contributed by atoms with E-state index in [4.69, 9.17) is 16.3 Å². The Kier molecular flexibility index (Phi) is 3.38. The summed E-state index contributed by atoms with van der Waals surface area (Å²) < 4.78 is 7.17. The standard InChI is InChI=1S/C16H14ClNO2/c1-20-15-6-4-13(5-7-15)18-14(10-19)8-11-2-3-12(17)9-16(11)18/h2-9,19H,10H2,1H3. The molecular weight excluding hydrogens is 274 g/mol. The number of ether oxygens (including phenoxy) is 1. The first-order valence-electron chi connectivity index (χ1n) is 6.28. The molecule has 1 N–H and O–H groups in total. The Balaban J connectivity index is 2.24. The van der Waals surface area contributed by atoms with E-state index in [1.54, 1.807) is 7.11 Å². The number of nitrogens with zero attached hydrogens (tertiary/aromatic N) is 1. The summed E-state index contributed by atoms with van der Waals surface area (Å²) >= 11 is 6.08. The van der Waals surface area contributed by atoms with Crippen LogP contribution in [0.1, 0.15) is 5.69 Å². The number of halogens is 1. The molecule has 0 aliphatic heterocycles. The monoisotopic (exact) mass is 287 g/mol. The average Bonchev–Trinajstić information content (AvgIpc) is 2.85. The lowest BCUT2D eigenvalue weighted by atomic mass is 10.2. The number of benzene rings is 2. The molecule has 1 heterocycles. The molecule has 20 heavy (non-hydrogen) atoms. The van der Waals surface area contributed by atoms with E-state index in [0.29, 0.717) is 5.02 Å². The van der Waals surface area contributed by atoms with Crippen LogP contribution in [0, 0.1) is 0 Å². The third-order valence-electron chi connectivity index (χ3n) is 3.34. The third-order valence-corrected chi connectivity index (χ3v) is 3.57. The summed E-state index contributed by atoms with van der Waals surface area (Å²) in [6.45, 7) is -0.0294. The van der Waals surface area contributed by atoms with Gasteiger partial charge in [0, 0.05) is 21.8 Å². The minimum Gasteiger partial charge on any atom is -0.497 e. The van der Waals surface area contributed by atoms with E-state index in [0.717, 1.165) is 28.0 Å². The van der Waals surface area contributed by atoms with Crippen molar-refractivity contribution in [1.29, 1.82) is 0 Å². The van der Waals surface area contributed by atoms with Crippen molar-refractivity contribution in [2.45, 2.75) is 6.61 Å². The lowest BCUT2D eigenvalue weighted by Crippen LogP contribution is -1.99. The van der Waals surface area contributed by atoms with Gasteiger partial charge >= 0.3 is 0 Å². The molecule has 0 amide bonds. The number of rotatable bonds is 3. The summed E-state index contributed by atoms with van der Waals surface area (Å²) in [5.41, 5.74) is 2.77. The minimum atomic E-state index is -0.0294. The highest BCUT2D eigenvalue weighted by atomic mass is 35.5. The molecule has 0 unspecified atom stereocenters. The maximum Gasteiger partial charge on any atom is 0.119 e. The topological polar surface area (TPSA) is 34.4 Å². The highest BCUT2D eigenvalue weighted by molar-refractivity contribution is 6.31. The van der Waals surface area contributed by atoms with Gasteiger partial charge in [-0.15, -0.1) is 0 Å². The Morgan fingerprint density at radius 1 is 1.10 bits per heavy atom. The van der Waals surface area contributed by atoms with Gasteiger partial charge in [-0.05, 0) is 42.5 Å². The van der Waals surface area contributed by atoms with Crippen molar-refractivity contribution >= 4 is 22.5 Å². The van der Waals surface area contributed by atoms with Crippen LogP contribution in [0.4, 0.5) is 0 Å². The highest BCUT2D eigenvalue weighted by Crippen LogP contribution is 2.28. The first kappa shape index (κ1) is 13.0. The molecule has 2 aromatic carbocycles. The van der Waals surface area contributed by atoms with Crippen LogP contribution in [-0.4, -0.2) is 16.8 Å². The highest BCUT2D eigenvalue weighted by Gasteiger charge is 2.10. The van der Waals surface area contributed by atoms with Crippen LogP contribution in [0.2, 0.25) is 5.02 Å². The van der Waals surface area contributed by atoms with E-state index in [1.807, 2.05) is 53.1 Å². The molecule has 3 nitrogen and oxygen atoms in total. The summed E-state index contributed by atoms with van der Waals surface area (Å²) in [4.78, 5) is 0. The summed E-state index contributed by atoms with van der Waals surface area (Å²) in [5.74, 6) is 0.800. The van der Waals surface area contributed by atoms with Gasteiger partial charge in [0.15, 0.2) is 0 Å². The van der Waals surface area contributed by atoms with Crippen LogP contribution in [0.15, 0.2) is 48.5 Å². The van der Waals surface area contributed by atoms with E-state index >= 15 is 0 Å². The second-order valence-electron chi connectivity index (χ2n) is 4.53. The number of methoxy groups -OCH3 is 1. The fourth-order valence-corrected chi connectivity index (χ4v) is 2.55. The summed E-state index contributed by atoms with van der Waals surface area (Å²) in [6.07, 6.45) is 0. The van der Waals surface area contributed by atoms with Gasteiger partial charge in [-0.1, -0.05) is 17.7 Å². The summed E-state index contributed by atoms with van der Waals surface area (Å²) in [5, 5.41) is 11.3. The summed E-state index contributed by atoms with van der Waals surface area (Å²) in [6, 6.07) is 15.4. The van der Waals surface area contributed by atoms with E-state index < -0.39 is 0 Å². The second-order valence-corrected chi connectivity index (χ2v) is 4.97. The van der Waals surface area contributed by atoms with Crippen LogP contribution in [-0.2, 0) is 6.61 Å². The van der Waals surface area contributed by atoms with Crippen LogP contribution >= 0.6 is 11.6 Å². The van der Waals surface area contributed by atoms with E-state index in [9.17, 15) is 5.11 Å². The Hall–Kier alpha value is -1.97.